The van der Waals surface area contributed by atoms with Crippen molar-refractivity contribution in [2.24, 2.45) is 0 Å². The minimum Gasteiger partial charge on any atom is -0.497 e. The third-order valence-electron chi connectivity index (χ3n) is 5.73. The van der Waals surface area contributed by atoms with Gasteiger partial charge >= 0.3 is 0 Å². The smallest absolute Gasteiger partial charge is 0.269 e. The Morgan fingerprint density at radius 3 is 2.22 bits per heavy atom. The highest BCUT2D eigenvalue weighted by Gasteiger charge is 2.25. The number of ether oxygens (including phenoxy) is 2. The predicted octanol–water partition coefficient (Wildman–Crippen LogP) is 3.83. The van der Waals surface area contributed by atoms with E-state index in [0.29, 0.717) is 28.0 Å². The van der Waals surface area contributed by atoms with Crippen LogP contribution in [0.4, 0.5) is 0 Å². The molecule has 0 bridgehead atoms. The summed E-state index contributed by atoms with van der Waals surface area (Å²) >= 11 is 3.39. The van der Waals surface area contributed by atoms with Crippen LogP contribution in [0.1, 0.15) is 5.56 Å². The maximum atomic E-state index is 13.6. The van der Waals surface area contributed by atoms with Gasteiger partial charge in [-0.1, -0.05) is 0 Å². The molecule has 0 radical (unpaired) electrons. The lowest BCUT2D eigenvalue weighted by Gasteiger charge is -2.32. The zero-order valence-corrected chi connectivity index (χ0v) is 21.5. The first kappa shape index (κ1) is 24.9. The summed E-state index contributed by atoms with van der Waals surface area (Å²) in [5.74, 6) is 1.29. The predicted molar refractivity (Wildman–Crippen MR) is 132 cm³/mol. The molecule has 0 N–H and O–H groups in total. The average molecular weight is 545 g/mol. The van der Waals surface area contributed by atoms with Gasteiger partial charge in [0.1, 0.15) is 16.4 Å². The highest BCUT2D eigenvalue weighted by atomic mass is 79.9. The highest BCUT2D eigenvalue weighted by molar-refractivity contribution is 9.10. The number of fused-ring (bicyclic) bond motifs is 1. The fourth-order valence-corrected chi connectivity index (χ4v) is 6.28. The number of methoxy groups -OCH3 is 2. The van der Waals surface area contributed by atoms with E-state index in [1.165, 1.54) is 3.97 Å². The lowest BCUT2D eigenvalue weighted by molar-refractivity contribution is 0.148. The SMILES string of the molecule is COc1ccc(S(=O)(=O)n2cc(CN3CCN(C)CC3)c3cc(OC)ccc32)c(Br)c1.Cl. The van der Waals surface area contributed by atoms with Crippen LogP contribution >= 0.6 is 28.3 Å². The quantitative estimate of drug-likeness (QED) is 0.470. The number of aromatic nitrogens is 1. The molecule has 2 aromatic carbocycles. The molecule has 1 aliphatic rings. The normalized spacial score (nSPS) is 15.5. The van der Waals surface area contributed by atoms with E-state index in [1.54, 1.807) is 50.7 Å². The second-order valence-corrected chi connectivity index (χ2v) is 10.4. The molecular weight excluding hydrogens is 518 g/mol. The van der Waals surface area contributed by atoms with Gasteiger partial charge in [-0.2, -0.15) is 0 Å². The third-order valence-corrected chi connectivity index (χ3v) is 8.38. The zero-order chi connectivity index (χ0) is 22.2. The summed E-state index contributed by atoms with van der Waals surface area (Å²) in [7, 11) is 1.46. The lowest BCUT2D eigenvalue weighted by Crippen LogP contribution is -2.43. The molecule has 32 heavy (non-hydrogen) atoms. The molecule has 7 nitrogen and oxygen atoms in total. The Balaban J connectivity index is 0.00000289. The summed E-state index contributed by atoms with van der Waals surface area (Å²) in [5, 5.41) is 0.881. The van der Waals surface area contributed by atoms with Gasteiger partial charge in [0.2, 0.25) is 0 Å². The van der Waals surface area contributed by atoms with Crippen molar-refractivity contribution in [2.75, 3.05) is 47.4 Å². The number of halogens is 2. The molecular formula is C22H27BrClN3O4S. The summed E-state index contributed by atoms with van der Waals surface area (Å²) in [6, 6.07) is 10.4. The molecule has 174 valence electrons. The number of hydrogen-bond donors (Lipinski definition) is 0. The van der Waals surface area contributed by atoms with E-state index < -0.39 is 10.0 Å². The average Bonchev–Trinajstić information content (AvgIpc) is 3.13. The van der Waals surface area contributed by atoms with Crippen molar-refractivity contribution in [3.05, 3.63) is 52.6 Å². The van der Waals surface area contributed by atoms with Crippen LogP contribution in [0.15, 0.2) is 52.0 Å². The summed E-state index contributed by atoms with van der Waals surface area (Å²) in [6.07, 6.45) is 1.74. The Kier molecular flexibility index (Phi) is 7.77. The number of rotatable bonds is 6. The van der Waals surface area contributed by atoms with E-state index in [2.05, 4.69) is 32.8 Å². The van der Waals surface area contributed by atoms with Crippen molar-refractivity contribution >= 4 is 49.3 Å². The molecule has 0 atom stereocenters. The molecule has 3 aromatic rings. The van der Waals surface area contributed by atoms with Crippen LogP contribution < -0.4 is 9.47 Å². The largest absolute Gasteiger partial charge is 0.497 e. The van der Waals surface area contributed by atoms with E-state index >= 15 is 0 Å². The van der Waals surface area contributed by atoms with Crippen LogP contribution in [0.3, 0.4) is 0 Å². The molecule has 4 rings (SSSR count). The molecule has 0 amide bonds. The third kappa shape index (κ3) is 4.77. The minimum absolute atomic E-state index is 0. The molecule has 1 aromatic heterocycles. The Labute approximate surface area is 203 Å². The van der Waals surface area contributed by atoms with Gasteiger partial charge in [0.15, 0.2) is 0 Å². The van der Waals surface area contributed by atoms with Gasteiger partial charge in [-0.05, 0) is 64.9 Å². The molecule has 2 heterocycles. The summed E-state index contributed by atoms with van der Waals surface area (Å²) in [6.45, 7) is 4.58. The maximum absolute atomic E-state index is 13.6. The molecule has 1 fully saturated rings. The number of nitrogens with zero attached hydrogens (tertiary/aromatic N) is 3. The van der Waals surface area contributed by atoms with Gasteiger partial charge in [0.25, 0.3) is 10.0 Å². The standard InChI is InChI=1S/C22H26BrN3O4S.ClH/c1-24-8-10-25(11-9-24)14-16-15-26(21-6-4-17(29-2)12-19(16)21)31(27,28)22-7-5-18(30-3)13-20(22)23;/h4-7,12-13,15H,8-11,14H2,1-3H3;1H. The van der Waals surface area contributed by atoms with Crippen LogP contribution in [-0.2, 0) is 16.6 Å². The molecule has 0 saturated carbocycles. The van der Waals surface area contributed by atoms with E-state index in [0.717, 1.165) is 37.1 Å². The van der Waals surface area contributed by atoms with Crippen LogP contribution in [0.25, 0.3) is 10.9 Å². The van der Waals surface area contributed by atoms with Gasteiger partial charge in [-0.25, -0.2) is 12.4 Å². The molecule has 0 spiro atoms. The van der Waals surface area contributed by atoms with Crippen molar-refractivity contribution < 1.29 is 17.9 Å². The van der Waals surface area contributed by atoms with Crippen LogP contribution in [0.2, 0.25) is 0 Å². The Morgan fingerprint density at radius 2 is 1.59 bits per heavy atom. The Bertz CT molecular complexity index is 1210. The van der Waals surface area contributed by atoms with Gasteiger partial charge in [0, 0.05) is 48.8 Å². The summed E-state index contributed by atoms with van der Waals surface area (Å²) in [4.78, 5) is 4.84. The number of piperazine rings is 1. The molecule has 1 aliphatic heterocycles. The van der Waals surface area contributed by atoms with Gasteiger partial charge in [0.05, 0.1) is 19.7 Å². The Hall–Kier alpha value is -1.78. The van der Waals surface area contributed by atoms with Gasteiger partial charge in [-0.15, -0.1) is 12.4 Å². The van der Waals surface area contributed by atoms with Crippen LogP contribution in [0.5, 0.6) is 11.5 Å². The first-order valence-corrected chi connectivity index (χ1v) is 12.2. The highest BCUT2D eigenvalue weighted by Crippen LogP contribution is 2.33. The van der Waals surface area contributed by atoms with Crippen molar-refractivity contribution in [1.29, 1.82) is 0 Å². The second-order valence-electron chi connectivity index (χ2n) is 7.71. The van der Waals surface area contributed by atoms with Crippen molar-refractivity contribution in [1.82, 2.24) is 13.8 Å². The maximum Gasteiger partial charge on any atom is 0.269 e. The Morgan fingerprint density at radius 1 is 0.969 bits per heavy atom. The topological polar surface area (TPSA) is 64.0 Å². The molecule has 0 aliphatic carbocycles. The minimum atomic E-state index is -3.82. The van der Waals surface area contributed by atoms with Crippen molar-refractivity contribution in [3.63, 3.8) is 0 Å². The van der Waals surface area contributed by atoms with E-state index in [1.807, 2.05) is 6.07 Å². The van der Waals surface area contributed by atoms with Gasteiger partial charge < -0.3 is 14.4 Å². The fourth-order valence-electron chi connectivity index (χ4n) is 3.87. The second kappa shape index (κ2) is 10.0. The molecule has 1 saturated heterocycles. The number of hydrogen-bond acceptors (Lipinski definition) is 6. The van der Waals surface area contributed by atoms with Crippen LogP contribution in [-0.4, -0.2) is 69.6 Å². The zero-order valence-electron chi connectivity index (χ0n) is 18.2. The van der Waals surface area contributed by atoms with Crippen LogP contribution in [0, 0.1) is 0 Å². The first-order valence-electron chi connectivity index (χ1n) is 10.0. The number of likely N-dealkylation sites (N-methyl/N-ethyl adjacent to an activating group) is 1. The molecule has 0 unspecified atom stereocenters. The van der Waals surface area contributed by atoms with E-state index in [9.17, 15) is 8.42 Å². The lowest BCUT2D eigenvalue weighted by atomic mass is 10.1. The van der Waals surface area contributed by atoms with E-state index in [4.69, 9.17) is 9.47 Å². The monoisotopic (exact) mass is 543 g/mol. The van der Waals surface area contributed by atoms with Gasteiger partial charge in [-0.3, -0.25) is 4.90 Å². The fraction of sp³-hybridized carbons (Fsp3) is 0.364. The summed E-state index contributed by atoms with van der Waals surface area (Å²) < 4.78 is 39.7. The van der Waals surface area contributed by atoms with Crippen molar-refractivity contribution in [2.45, 2.75) is 11.4 Å². The van der Waals surface area contributed by atoms with E-state index in [-0.39, 0.29) is 17.3 Å². The molecule has 10 heteroatoms. The first-order chi connectivity index (χ1) is 14.8. The van der Waals surface area contributed by atoms with Crippen molar-refractivity contribution in [3.8, 4) is 11.5 Å². The number of benzene rings is 2. The summed E-state index contributed by atoms with van der Waals surface area (Å²) in [5.41, 5.74) is 1.60.